The average Bonchev–Trinajstić information content (AvgIpc) is 2.44. The number of aliphatic hydroxyl groups is 1. The van der Waals surface area contributed by atoms with Crippen LogP contribution in [0.2, 0.25) is 0 Å². The summed E-state index contributed by atoms with van der Waals surface area (Å²) in [7, 11) is 0. The maximum absolute atomic E-state index is 14.1. The number of hydrogen-bond acceptors (Lipinski definition) is 2. The molecule has 2 nitrogen and oxygen atoms in total. The van der Waals surface area contributed by atoms with E-state index < -0.39 is 29.5 Å². The van der Waals surface area contributed by atoms with Crippen LogP contribution in [0.1, 0.15) is 28.7 Å². The lowest BCUT2D eigenvalue weighted by Gasteiger charge is -2.23. The molecule has 2 aromatic rings. The second-order valence-electron chi connectivity index (χ2n) is 4.93. The van der Waals surface area contributed by atoms with Gasteiger partial charge < -0.3 is 10.8 Å². The Labute approximate surface area is 121 Å². The Bertz CT molecular complexity index is 645. The molecule has 0 bridgehead atoms. The summed E-state index contributed by atoms with van der Waals surface area (Å²) < 4.78 is 40.9. The molecule has 0 heterocycles. The van der Waals surface area contributed by atoms with E-state index in [1.807, 2.05) is 0 Å². The molecule has 2 unspecified atom stereocenters. The first-order chi connectivity index (χ1) is 9.95. The van der Waals surface area contributed by atoms with Gasteiger partial charge >= 0.3 is 0 Å². The van der Waals surface area contributed by atoms with Gasteiger partial charge in [-0.1, -0.05) is 24.3 Å². The van der Waals surface area contributed by atoms with Crippen LogP contribution in [0, 0.1) is 24.4 Å². The molecule has 112 valence electrons. The number of halogens is 3. The number of nitrogens with two attached hydrogens (primary N) is 1. The quantitative estimate of drug-likeness (QED) is 0.910. The van der Waals surface area contributed by atoms with Crippen molar-refractivity contribution >= 4 is 0 Å². The summed E-state index contributed by atoms with van der Waals surface area (Å²) >= 11 is 0. The van der Waals surface area contributed by atoms with Crippen molar-refractivity contribution in [3.8, 4) is 0 Å². The third-order valence-corrected chi connectivity index (χ3v) is 3.54. The van der Waals surface area contributed by atoms with Crippen molar-refractivity contribution in [2.75, 3.05) is 6.54 Å². The van der Waals surface area contributed by atoms with Crippen molar-refractivity contribution < 1.29 is 18.3 Å². The summed E-state index contributed by atoms with van der Waals surface area (Å²) in [6.07, 6.45) is -1.31. The SMILES string of the molecule is Cc1cccc(C(O)C(CN)c2ccc(F)cc2F)c1F. The van der Waals surface area contributed by atoms with Crippen LogP contribution in [0.15, 0.2) is 36.4 Å². The maximum atomic E-state index is 14.1. The molecule has 21 heavy (non-hydrogen) atoms. The van der Waals surface area contributed by atoms with Gasteiger partial charge in [-0.15, -0.1) is 0 Å². The minimum absolute atomic E-state index is 0.0502. The highest BCUT2D eigenvalue weighted by molar-refractivity contribution is 5.32. The average molecular weight is 295 g/mol. The molecule has 0 aliphatic carbocycles. The number of rotatable bonds is 4. The summed E-state index contributed by atoms with van der Waals surface area (Å²) in [5, 5.41) is 10.4. The molecule has 0 fully saturated rings. The molecule has 0 saturated heterocycles. The van der Waals surface area contributed by atoms with Crippen LogP contribution in [-0.2, 0) is 0 Å². The third-order valence-electron chi connectivity index (χ3n) is 3.54. The van der Waals surface area contributed by atoms with Crippen LogP contribution in [0.4, 0.5) is 13.2 Å². The van der Waals surface area contributed by atoms with Crippen molar-refractivity contribution in [1.82, 2.24) is 0 Å². The van der Waals surface area contributed by atoms with Gasteiger partial charge in [0.2, 0.25) is 0 Å². The normalized spacial score (nSPS) is 14.0. The van der Waals surface area contributed by atoms with Crippen LogP contribution in [-0.4, -0.2) is 11.7 Å². The highest BCUT2D eigenvalue weighted by Gasteiger charge is 2.26. The highest BCUT2D eigenvalue weighted by atomic mass is 19.1. The fourth-order valence-electron chi connectivity index (χ4n) is 2.34. The van der Waals surface area contributed by atoms with Crippen LogP contribution in [0.5, 0.6) is 0 Å². The largest absolute Gasteiger partial charge is 0.388 e. The predicted octanol–water partition coefficient (Wildman–Crippen LogP) is 3.19. The number of aryl methyl sites for hydroxylation is 1. The van der Waals surface area contributed by atoms with E-state index in [0.29, 0.717) is 5.56 Å². The standard InChI is InChI=1S/C16H16F3NO/c1-9-3-2-4-12(15(9)19)16(21)13(8-20)11-6-5-10(17)7-14(11)18/h2-7,13,16,21H,8,20H2,1H3. The van der Waals surface area contributed by atoms with Crippen molar-refractivity contribution in [3.05, 3.63) is 70.5 Å². The molecule has 0 saturated carbocycles. The molecule has 2 aromatic carbocycles. The van der Waals surface area contributed by atoms with Crippen molar-refractivity contribution in [3.63, 3.8) is 0 Å². The molecule has 0 aliphatic heterocycles. The van der Waals surface area contributed by atoms with Gasteiger partial charge in [-0.05, 0) is 24.1 Å². The fraction of sp³-hybridized carbons (Fsp3) is 0.250. The van der Waals surface area contributed by atoms with Crippen molar-refractivity contribution in [2.24, 2.45) is 5.73 Å². The van der Waals surface area contributed by atoms with E-state index in [1.165, 1.54) is 12.1 Å². The lowest BCUT2D eigenvalue weighted by molar-refractivity contribution is 0.141. The van der Waals surface area contributed by atoms with Crippen LogP contribution in [0.25, 0.3) is 0 Å². The lowest BCUT2D eigenvalue weighted by atomic mass is 9.88. The maximum Gasteiger partial charge on any atom is 0.131 e. The van der Waals surface area contributed by atoms with Crippen LogP contribution in [0.3, 0.4) is 0 Å². The van der Waals surface area contributed by atoms with Gasteiger partial charge in [-0.2, -0.15) is 0 Å². The summed E-state index contributed by atoms with van der Waals surface area (Å²) in [5.41, 5.74) is 6.08. The van der Waals surface area contributed by atoms with Crippen LogP contribution < -0.4 is 5.73 Å². The van der Waals surface area contributed by atoms with Crippen LogP contribution >= 0.6 is 0 Å². The smallest absolute Gasteiger partial charge is 0.131 e. The fourth-order valence-corrected chi connectivity index (χ4v) is 2.34. The van der Waals surface area contributed by atoms with E-state index in [0.717, 1.165) is 12.1 Å². The summed E-state index contributed by atoms with van der Waals surface area (Å²) in [4.78, 5) is 0. The van der Waals surface area contributed by atoms with Crippen molar-refractivity contribution in [1.29, 1.82) is 0 Å². The molecular formula is C16H16F3NO. The first-order valence-electron chi connectivity index (χ1n) is 6.53. The monoisotopic (exact) mass is 295 g/mol. The van der Waals surface area contributed by atoms with E-state index >= 15 is 0 Å². The van der Waals surface area contributed by atoms with Gasteiger partial charge in [0.1, 0.15) is 17.5 Å². The molecule has 0 spiro atoms. The zero-order valence-corrected chi connectivity index (χ0v) is 11.5. The third kappa shape index (κ3) is 3.09. The van der Waals surface area contributed by atoms with Gasteiger partial charge in [-0.3, -0.25) is 0 Å². The summed E-state index contributed by atoms with van der Waals surface area (Å²) in [5.74, 6) is -2.94. The van der Waals surface area contributed by atoms with E-state index in [1.54, 1.807) is 19.1 Å². The van der Waals surface area contributed by atoms with E-state index in [9.17, 15) is 18.3 Å². The Morgan fingerprint density at radius 1 is 1.10 bits per heavy atom. The molecule has 0 aliphatic rings. The summed E-state index contributed by atoms with van der Waals surface area (Å²) in [6.45, 7) is 1.47. The second-order valence-corrected chi connectivity index (χ2v) is 4.93. The first kappa shape index (κ1) is 15.5. The zero-order valence-electron chi connectivity index (χ0n) is 11.5. The first-order valence-corrected chi connectivity index (χ1v) is 6.53. The van der Waals surface area contributed by atoms with Gasteiger partial charge in [0, 0.05) is 24.1 Å². The van der Waals surface area contributed by atoms with Gasteiger partial charge in [-0.25, -0.2) is 13.2 Å². The summed E-state index contributed by atoms with van der Waals surface area (Å²) in [6, 6.07) is 7.63. The molecule has 2 rings (SSSR count). The van der Waals surface area contributed by atoms with Gasteiger partial charge in [0.05, 0.1) is 6.10 Å². The van der Waals surface area contributed by atoms with E-state index in [2.05, 4.69) is 0 Å². The van der Waals surface area contributed by atoms with Gasteiger partial charge in [0.25, 0.3) is 0 Å². The van der Waals surface area contributed by atoms with E-state index in [4.69, 9.17) is 5.73 Å². The molecule has 2 atom stereocenters. The molecule has 0 amide bonds. The molecule has 5 heteroatoms. The lowest BCUT2D eigenvalue weighted by Crippen LogP contribution is -2.22. The zero-order chi connectivity index (χ0) is 15.6. The number of aliphatic hydroxyl groups excluding tert-OH is 1. The van der Waals surface area contributed by atoms with E-state index in [-0.39, 0.29) is 17.7 Å². The minimum Gasteiger partial charge on any atom is -0.388 e. The van der Waals surface area contributed by atoms with Crippen molar-refractivity contribution in [2.45, 2.75) is 18.9 Å². The topological polar surface area (TPSA) is 46.2 Å². The predicted molar refractivity (Wildman–Crippen MR) is 74.3 cm³/mol. The Morgan fingerprint density at radius 3 is 2.43 bits per heavy atom. The number of benzene rings is 2. The molecule has 0 aromatic heterocycles. The molecule has 0 radical (unpaired) electrons. The Morgan fingerprint density at radius 2 is 1.81 bits per heavy atom. The molecule has 3 N–H and O–H groups in total. The second kappa shape index (κ2) is 6.28. The Kier molecular flexibility index (Phi) is 4.65. The Balaban J connectivity index is 2.43. The highest BCUT2D eigenvalue weighted by Crippen LogP contribution is 2.33. The van der Waals surface area contributed by atoms with Gasteiger partial charge in [0.15, 0.2) is 0 Å². The minimum atomic E-state index is -1.31. The molecular weight excluding hydrogens is 279 g/mol. The Hall–Kier alpha value is -1.85. The number of hydrogen-bond donors (Lipinski definition) is 2.